The van der Waals surface area contributed by atoms with Gasteiger partial charge in [0, 0.05) is 47.9 Å². The molecule has 0 saturated carbocycles. The fraction of sp³-hybridized carbons (Fsp3) is 0.306. The monoisotopic (exact) mass is 653 g/mol. The number of benzene rings is 4. The van der Waals surface area contributed by atoms with E-state index in [-0.39, 0.29) is 44.2 Å². The van der Waals surface area contributed by atoms with Crippen molar-refractivity contribution in [1.29, 1.82) is 0 Å². The van der Waals surface area contributed by atoms with Gasteiger partial charge in [0.15, 0.2) is 11.5 Å². The highest BCUT2D eigenvalue weighted by atomic mass is 16.7. The molecule has 5 amide bonds. The zero-order valence-electron chi connectivity index (χ0n) is 27.1. The molecule has 0 fully saturated rings. The molecule has 4 aromatic rings. The molecule has 0 radical (unpaired) electrons. The van der Waals surface area contributed by atoms with Gasteiger partial charge in [0.25, 0.3) is 0 Å². The molecule has 2 aliphatic rings. The van der Waals surface area contributed by atoms with Crippen LogP contribution in [0.5, 0.6) is 17.2 Å². The first-order valence-electron chi connectivity index (χ1n) is 15.9. The van der Waals surface area contributed by atoms with E-state index in [4.69, 9.17) is 14.2 Å². The van der Waals surface area contributed by atoms with E-state index in [1.165, 1.54) is 4.90 Å². The van der Waals surface area contributed by atoms with Crippen molar-refractivity contribution in [3.63, 3.8) is 0 Å². The standard InChI is InChI=1S/C36H39N5O7/c1-22-18-41(23(2)20-42)34(43)16-25-15-26(37-35(44)39-29-10-6-8-24-7-4-5-9-28(24)29)11-13-30(25)48-33(22)19-40(3)36(45)38-27-12-14-31-32(17-27)47-21-46-31/h4-15,17,22-23,33,42H,16,18-21H2,1-3H3,(H,38,45)(H2,37,39,44)/t22-,23-,33-/m0/s1. The maximum absolute atomic E-state index is 13.6. The minimum atomic E-state index is -0.510. The number of ether oxygens (including phenoxy) is 3. The quantitative estimate of drug-likeness (QED) is 0.206. The predicted octanol–water partition coefficient (Wildman–Crippen LogP) is 5.53. The van der Waals surface area contributed by atoms with Crippen molar-refractivity contribution >= 4 is 45.8 Å². The number of carbonyl (C=O) groups is 3. The van der Waals surface area contributed by atoms with Crippen molar-refractivity contribution in [2.24, 2.45) is 5.92 Å². The molecule has 2 heterocycles. The Morgan fingerprint density at radius 3 is 2.48 bits per heavy atom. The van der Waals surface area contributed by atoms with E-state index in [2.05, 4.69) is 16.0 Å². The third kappa shape index (κ3) is 7.23. The second-order valence-corrected chi connectivity index (χ2v) is 12.2. The van der Waals surface area contributed by atoms with Gasteiger partial charge in [0.1, 0.15) is 11.9 Å². The van der Waals surface area contributed by atoms with Gasteiger partial charge in [-0.25, -0.2) is 9.59 Å². The lowest BCUT2D eigenvalue weighted by atomic mass is 10.0. The molecule has 0 saturated heterocycles. The van der Waals surface area contributed by atoms with E-state index < -0.39 is 18.2 Å². The molecule has 2 aliphatic heterocycles. The van der Waals surface area contributed by atoms with Crippen molar-refractivity contribution < 1.29 is 33.7 Å². The van der Waals surface area contributed by atoms with Gasteiger partial charge in [-0.15, -0.1) is 0 Å². The summed E-state index contributed by atoms with van der Waals surface area (Å²) in [6.07, 6.45) is -0.510. The summed E-state index contributed by atoms with van der Waals surface area (Å²) < 4.78 is 17.3. The van der Waals surface area contributed by atoms with E-state index in [1.54, 1.807) is 55.3 Å². The molecule has 3 atom stereocenters. The molecule has 250 valence electrons. The topological polar surface area (TPSA) is 142 Å². The number of hydrogen-bond acceptors (Lipinski definition) is 7. The van der Waals surface area contributed by atoms with Crippen LogP contribution in [0.3, 0.4) is 0 Å². The van der Waals surface area contributed by atoms with Gasteiger partial charge in [0.05, 0.1) is 31.3 Å². The second kappa shape index (κ2) is 14.1. The summed E-state index contributed by atoms with van der Waals surface area (Å²) in [6.45, 7) is 4.20. The van der Waals surface area contributed by atoms with Crippen LogP contribution in [0.4, 0.5) is 26.7 Å². The van der Waals surface area contributed by atoms with Crippen LogP contribution in [0.2, 0.25) is 0 Å². The zero-order valence-corrected chi connectivity index (χ0v) is 27.1. The molecule has 48 heavy (non-hydrogen) atoms. The number of nitrogens with one attached hydrogen (secondary N) is 3. The average molecular weight is 654 g/mol. The number of fused-ring (bicyclic) bond motifs is 3. The number of hydrogen-bond donors (Lipinski definition) is 4. The van der Waals surface area contributed by atoms with Gasteiger partial charge >= 0.3 is 12.1 Å². The fourth-order valence-electron chi connectivity index (χ4n) is 5.89. The van der Waals surface area contributed by atoms with E-state index in [9.17, 15) is 19.5 Å². The van der Waals surface area contributed by atoms with Gasteiger partial charge in [0.2, 0.25) is 12.7 Å². The van der Waals surface area contributed by atoms with Crippen molar-refractivity contribution in [1.82, 2.24) is 9.80 Å². The summed E-state index contributed by atoms with van der Waals surface area (Å²) in [4.78, 5) is 43.1. The Morgan fingerprint density at radius 2 is 1.67 bits per heavy atom. The van der Waals surface area contributed by atoms with E-state index in [1.807, 2.05) is 49.4 Å². The Kier molecular flexibility index (Phi) is 9.53. The molecule has 12 nitrogen and oxygen atoms in total. The first-order valence-corrected chi connectivity index (χ1v) is 15.9. The lowest BCUT2D eigenvalue weighted by molar-refractivity contribution is -0.134. The zero-order chi connectivity index (χ0) is 33.8. The highest BCUT2D eigenvalue weighted by molar-refractivity contribution is 6.06. The first-order chi connectivity index (χ1) is 23.2. The Hall–Kier alpha value is -5.49. The molecule has 4 aromatic carbocycles. The van der Waals surface area contributed by atoms with E-state index in [0.29, 0.717) is 46.4 Å². The molecule has 0 bridgehead atoms. The van der Waals surface area contributed by atoms with Crippen LogP contribution in [0.15, 0.2) is 78.9 Å². The number of aliphatic hydroxyl groups is 1. The van der Waals surface area contributed by atoms with Crippen LogP contribution < -0.4 is 30.2 Å². The largest absolute Gasteiger partial charge is 0.488 e. The number of aliphatic hydroxyl groups excluding tert-OH is 1. The lowest BCUT2D eigenvalue weighted by Gasteiger charge is -2.34. The maximum atomic E-state index is 13.6. The average Bonchev–Trinajstić information content (AvgIpc) is 3.56. The molecule has 0 spiro atoms. The third-order valence-electron chi connectivity index (χ3n) is 8.64. The second-order valence-electron chi connectivity index (χ2n) is 12.2. The van der Waals surface area contributed by atoms with Gasteiger partial charge in [-0.1, -0.05) is 43.3 Å². The molecule has 0 aliphatic carbocycles. The van der Waals surface area contributed by atoms with Crippen molar-refractivity contribution in [3.05, 3.63) is 84.4 Å². The normalized spacial score (nSPS) is 17.7. The Balaban J connectivity index is 1.20. The molecule has 6 rings (SSSR count). The number of urea groups is 2. The smallest absolute Gasteiger partial charge is 0.323 e. The lowest BCUT2D eigenvalue weighted by Crippen LogP contribution is -2.48. The Labute approximate surface area is 278 Å². The molecular formula is C36H39N5O7. The Bertz CT molecular complexity index is 1830. The summed E-state index contributed by atoms with van der Waals surface area (Å²) >= 11 is 0. The van der Waals surface area contributed by atoms with Crippen LogP contribution in [0.1, 0.15) is 19.4 Å². The molecule has 12 heteroatoms. The van der Waals surface area contributed by atoms with Crippen molar-refractivity contribution in [2.45, 2.75) is 32.4 Å². The number of carbonyl (C=O) groups excluding carboxylic acids is 3. The minimum absolute atomic E-state index is 0.0000145. The van der Waals surface area contributed by atoms with Gasteiger partial charge < -0.3 is 45.1 Å². The molecule has 0 unspecified atom stereocenters. The number of anilines is 3. The molecule has 0 aromatic heterocycles. The summed E-state index contributed by atoms with van der Waals surface area (Å²) in [5.41, 5.74) is 2.28. The summed E-state index contributed by atoms with van der Waals surface area (Å²) in [5.74, 6) is 1.26. The van der Waals surface area contributed by atoms with Crippen LogP contribution in [0, 0.1) is 5.92 Å². The summed E-state index contributed by atoms with van der Waals surface area (Å²) in [5, 5.41) is 20.6. The van der Waals surface area contributed by atoms with Crippen LogP contribution in [0.25, 0.3) is 10.8 Å². The van der Waals surface area contributed by atoms with E-state index >= 15 is 0 Å². The highest BCUT2D eigenvalue weighted by Gasteiger charge is 2.32. The predicted molar refractivity (Wildman–Crippen MR) is 183 cm³/mol. The molecular weight excluding hydrogens is 614 g/mol. The van der Waals surface area contributed by atoms with Crippen LogP contribution >= 0.6 is 0 Å². The molecule has 4 N–H and O–H groups in total. The van der Waals surface area contributed by atoms with Gasteiger partial charge in [-0.05, 0) is 48.7 Å². The number of likely N-dealkylation sites (N-methyl/N-ethyl adjacent to an activating group) is 1. The van der Waals surface area contributed by atoms with Gasteiger partial charge in [-0.2, -0.15) is 0 Å². The van der Waals surface area contributed by atoms with Crippen molar-refractivity contribution in [3.8, 4) is 17.2 Å². The highest BCUT2D eigenvalue weighted by Crippen LogP contribution is 2.34. The van der Waals surface area contributed by atoms with Crippen LogP contribution in [-0.4, -0.2) is 78.6 Å². The Morgan fingerprint density at radius 1 is 0.938 bits per heavy atom. The number of amides is 5. The summed E-state index contributed by atoms with van der Waals surface area (Å²) in [7, 11) is 1.67. The SMILES string of the molecule is C[C@H]1CN([C@@H](C)CO)C(=O)Cc2cc(NC(=O)Nc3cccc4ccccc34)ccc2O[C@H]1CN(C)C(=O)Nc1ccc2c(c1)OCO2. The first kappa shape index (κ1) is 32.5. The third-order valence-corrected chi connectivity index (χ3v) is 8.64. The van der Waals surface area contributed by atoms with Crippen molar-refractivity contribution in [2.75, 3.05) is 49.5 Å². The van der Waals surface area contributed by atoms with E-state index in [0.717, 1.165) is 10.8 Å². The van der Waals surface area contributed by atoms with Gasteiger partial charge in [-0.3, -0.25) is 4.79 Å². The number of nitrogens with zero attached hydrogens (tertiary/aromatic N) is 2. The maximum Gasteiger partial charge on any atom is 0.323 e. The fourth-order valence-corrected chi connectivity index (χ4v) is 5.89. The number of rotatable bonds is 7. The van der Waals surface area contributed by atoms with Crippen LogP contribution in [-0.2, 0) is 11.2 Å². The minimum Gasteiger partial charge on any atom is -0.488 e. The summed E-state index contributed by atoms with van der Waals surface area (Å²) in [6, 6.07) is 22.6.